The van der Waals surface area contributed by atoms with Crippen LogP contribution >= 0.6 is 0 Å². The lowest BCUT2D eigenvalue weighted by atomic mass is 10.1. The smallest absolute Gasteiger partial charge is 0.261 e. The van der Waals surface area contributed by atoms with E-state index in [0.29, 0.717) is 30.0 Å². The quantitative estimate of drug-likeness (QED) is 0.685. The van der Waals surface area contributed by atoms with Gasteiger partial charge < -0.3 is 10.1 Å². The van der Waals surface area contributed by atoms with Crippen LogP contribution in [-0.2, 0) is 17.9 Å². The highest BCUT2D eigenvalue weighted by atomic mass is 16.5. The fourth-order valence-electron chi connectivity index (χ4n) is 2.83. The number of aryl methyl sites for hydroxylation is 1. The van der Waals surface area contributed by atoms with E-state index >= 15 is 0 Å². The van der Waals surface area contributed by atoms with Crippen molar-refractivity contribution < 1.29 is 9.53 Å². The number of ether oxygens (including phenoxy) is 1. The third-order valence-corrected chi connectivity index (χ3v) is 4.37. The van der Waals surface area contributed by atoms with Crippen molar-refractivity contribution in [3.63, 3.8) is 0 Å². The van der Waals surface area contributed by atoms with Gasteiger partial charge in [-0.15, -0.1) is 0 Å². The zero-order valence-corrected chi connectivity index (χ0v) is 16.4. The molecule has 0 saturated carbocycles. The second-order valence-corrected chi connectivity index (χ2v) is 7.27. The molecule has 146 valence electrons. The van der Waals surface area contributed by atoms with Crippen LogP contribution in [0.2, 0.25) is 0 Å². The maximum absolute atomic E-state index is 12.6. The zero-order valence-electron chi connectivity index (χ0n) is 16.4. The van der Waals surface area contributed by atoms with Crippen LogP contribution in [0, 0.1) is 12.8 Å². The summed E-state index contributed by atoms with van der Waals surface area (Å²) in [6.45, 7) is 7.10. The Morgan fingerprint density at radius 3 is 2.64 bits per heavy atom. The van der Waals surface area contributed by atoms with Crippen molar-refractivity contribution >= 4 is 16.8 Å². The molecule has 1 amide bonds. The highest BCUT2D eigenvalue weighted by molar-refractivity contribution is 5.81. The van der Waals surface area contributed by atoms with Gasteiger partial charge in [-0.2, -0.15) is 0 Å². The highest BCUT2D eigenvalue weighted by Crippen LogP contribution is 2.13. The molecule has 0 aliphatic rings. The Labute approximate surface area is 164 Å². The number of amides is 1. The number of carbonyl (C=O) groups excluding carboxylic acids is 1. The molecule has 1 N–H and O–H groups in total. The topological polar surface area (TPSA) is 73.2 Å². The standard InChI is InChI=1S/C22H25N3O3/c1-15(2)13-28-18-9-7-17(8-10-18)11-23-20(26)12-25-14-24-21-16(3)5-4-6-19(21)22(25)27/h4-10,14-15H,11-13H2,1-3H3,(H,23,26). The van der Waals surface area contributed by atoms with Gasteiger partial charge in [-0.3, -0.25) is 14.2 Å². The molecule has 0 unspecified atom stereocenters. The number of para-hydroxylation sites is 1. The van der Waals surface area contributed by atoms with Gasteiger partial charge in [0.25, 0.3) is 5.56 Å². The maximum Gasteiger partial charge on any atom is 0.261 e. The van der Waals surface area contributed by atoms with Gasteiger partial charge in [0.2, 0.25) is 5.91 Å². The monoisotopic (exact) mass is 379 g/mol. The number of hydrogen-bond acceptors (Lipinski definition) is 4. The lowest BCUT2D eigenvalue weighted by Gasteiger charge is -2.10. The van der Waals surface area contributed by atoms with E-state index in [1.165, 1.54) is 10.9 Å². The third kappa shape index (κ3) is 4.76. The number of benzene rings is 2. The predicted octanol–water partition coefficient (Wildman–Crippen LogP) is 3.06. The van der Waals surface area contributed by atoms with Gasteiger partial charge in [-0.05, 0) is 42.2 Å². The number of fused-ring (bicyclic) bond motifs is 1. The van der Waals surface area contributed by atoms with Gasteiger partial charge in [0.05, 0.1) is 23.8 Å². The summed E-state index contributed by atoms with van der Waals surface area (Å²) < 4.78 is 6.98. The Morgan fingerprint density at radius 2 is 1.93 bits per heavy atom. The van der Waals surface area contributed by atoms with Crippen molar-refractivity contribution in [1.29, 1.82) is 0 Å². The van der Waals surface area contributed by atoms with Crippen LogP contribution in [0.5, 0.6) is 5.75 Å². The Kier molecular flexibility index (Phi) is 6.09. The second kappa shape index (κ2) is 8.69. The van der Waals surface area contributed by atoms with Gasteiger partial charge in [-0.1, -0.05) is 38.1 Å². The number of nitrogens with one attached hydrogen (secondary N) is 1. The first-order valence-electron chi connectivity index (χ1n) is 9.37. The van der Waals surface area contributed by atoms with Crippen LogP contribution in [0.1, 0.15) is 25.0 Å². The van der Waals surface area contributed by atoms with Crippen molar-refractivity contribution in [3.8, 4) is 5.75 Å². The zero-order chi connectivity index (χ0) is 20.1. The van der Waals surface area contributed by atoms with E-state index in [0.717, 1.165) is 16.9 Å². The second-order valence-electron chi connectivity index (χ2n) is 7.27. The Morgan fingerprint density at radius 1 is 1.18 bits per heavy atom. The lowest BCUT2D eigenvalue weighted by Crippen LogP contribution is -2.32. The largest absolute Gasteiger partial charge is 0.493 e. The molecule has 3 rings (SSSR count). The normalized spacial score (nSPS) is 11.0. The maximum atomic E-state index is 12.6. The molecule has 3 aromatic rings. The highest BCUT2D eigenvalue weighted by Gasteiger charge is 2.09. The van der Waals surface area contributed by atoms with Crippen LogP contribution in [0.25, 0.3) is 10.9 Å². The summed E-state index contributed by atoms with van der Waals surface area (Å²) in [6.07, 6.45) is 1.43. The number of rotatable bonds is 7. The van der Waals surface area contributed by atoms with E-state index in [4.69, 9.17) is 4.74 Å². The van der Waals surface area contributed by atoms with Crippen molar-refractivity contribution in [1.82, 2.24) is 14.9 Å². The Balaban J connectivity index is 1.59. The minimum atomic E-state index is -0.240. The summed E-state index contributed by atoms with van der Waals surface area (Å²) >= 11 is 0. The van der Waals surface area contributed by atoms with E-state index < -0.39 is 0 Å². The molecular weight excluding hydrogens is 354 g/mol. The molecule has 0 spiro atoms. The average molecular weight is 379 g/mol. The van der Waals surface area contributed by atoms with Crippen molar-refractivity contribution in [2.75, 3.05) is 6.61 Å². The first-order chi connectivity index (χ1) is 13.4. The predicted molar refractivity (Wildman–Crippen MR) is 109 cm³/mol. The molecular formula is C22H25N3O3. The van der Waals surface area contributed by atoms with Gasteiger partial charge >= 0.3 is 0 Å². The van der Waals surface area contributed by atoms with E-state index in [1.807, 2.05) is 43.3 Å². The summed E-state index contributed by atoms with van der Waals surface area (Å²) in [5.74, 6) is 1.04. The summed E-state index contributed by atoms with van der Waals surface area (Å²) in [5, 5.41) is 3.36. The van der Waals surface area contributed by atoms with Crippen LogP contribution in [0.15, 0.2) is 53.6 Å². The van der Waals surface area contributed by atoms with Crippen molar-refractivity contribution in [2.24, 2.45) is 5.92 Å². The molecule has 0 bridgehead atoms. The fraction of sp³-hybridized carbons (Fsp3) is 0.318. The molecule has 28 heavy (non-hydrogen) atoms. The molecule has 0 aliphatic carbocycles. The van der Waals surface area contributed by atoms with E-state index in [1.54, 1.807) is 6.07 Å². The SMILES string of the molecule is Cc1cccc2c(=O)n(CC(=O)NCc3ccc(OCC(C)C)cc3)cnc12. The summed E-state index contributed by atoms with van der Waals surface area (Å²) in [7, 11) is 0. The molecule has 2 aromatic carbocycles. The van der Waals surface area contributed by atoms with Crippen LogP contribution in [0.3, 0.4) is 0 Å². The van der Waals surface area contributed by atoms with Crippen molar-refractivity contribution in [2.45, 2.75) is 33.9 Å². The first-order valence-corrected chi connectivity index (χ1v) is 9.37. The third-order valence-electron chi connectivity index (χ3n) is 4.37. The minimum Gasteiger partial charge on any atom is -0.493 e. The summed E-state index contributed by atoms with van der Waals surface area (Å²) in [6, 6.07) is 13.1. The first kappa shape index (κ1) is 19.6. The molecule has 0 fully saturated rings. The number of aromatic nitrogens is 2. The van der Waals surface area contributed by atoms with Crippen LogP contribution < -0.4 is 15.6 Å². The molecule has 1 heterocycles. The van der Waals surface area contributed by atoms with E-state index in [2.05, 4.69) is 24.1 Å². The van der Waals surface area contributed by atoms with Crippen molar-refractivity contribution in [3.05, 3.63) is 70.3 Å². The number of hydrogen-bond donors (Lipinski definition) is 1. The van der Waals surface area contributed by atoms with Crippen LogP contribution in [-0.4, -0.2) is 22.1 Å². The molecule has 0 radical (unpaired) electrons. The number of carbonyl (C=O) groups is 1. The fourth-order valence-corrected chi connectivity index (χ4v) is 2.83. The molecule has 0 atom stereocenters. The van der Waals surface area contributed by atoms with E-state index in [-0.39, 0.29) is 18.0 Å². The average Bonchev–Trinajstić information content (AvgIpc) is 2.68. The van der Waals surface area contributed by atoms with Crippen LogP contribution in [0.4, 0.5) is 0 Å². The van der Waals surface area contributed by atoms with Gasteiger partial charge in [0.1, 0.15) is 12.3 Å². The van der Waals surface area contributed by atoms with Gasteiger partial charge in [0.15, 0.2) is 0 Å². The minimum absolute atomic E-state index is 0.0642. The van der Waals surface area contributed by atoms with Gasteiger partial charge in [-0.25, -0.2) is 4.98 Å². The number of nitrogens with zero attached hydrogens (tertiary/aromatic N) is 2. The van der Waals surface area contributed by atoms with Gasteiger partial charge in [0, 0.05) is 6.54 Å². The van der Waals surface area contributed by atoms with E-state index in [9.17, 15) is 9.59 Å². The Hall–Kier alpha value is -3.15. The lowest BCUT2D eigenvalue weighted by molar-refractivity contribution is -0.121. The molecule has 6 heteroatoms. The molecule has 1 aromatic heterocycles. The molecule has 6 nitrogen and oxygen atoms in total. The molecule has 0 aliphatic heterocycles. The summed E-state index contributed by atoms with van der Waals surface area (Å²) in [5.41, 5.74) is 2.36. The Bertz CT molecular complexity index is 1020. The summed E-state index contributed by atoms with van der Waals surface area (Å²) in [4.78, 5) is 29.1. The molecule has 0 saturated heterocycles.